The molecule has 0 saturated carbocycles. The molecule has 0 atom stereocenters. The zero-order chi connectivity index (χ0) is 24.2. The molecule has 0 aliphatic carbocycles. The van der Waals surface area contributed by atoms with E-state index >= 15 is 0 Å². The maximum atomic E-state index is 12.9. The molecule has 3 aromatic rings. The lowest BCUT2D eigenvalue weighted by Crippen LogP contribution is -2.52. The number of carbonyl (C=O) groups is 2. The summed E-state index contributed by atoms with van der Waals surface area (Å²) in [4.78, 5) is 34.1. The highest BCUT2D eigenvalue weighted by atomic mass is 32.1. The van der Waals surface area contributed by atoms with Crippen molar-refractivity contribution in [2.45, 2.75) is 19.3 Å². The summed E-state index contributed by atoms with van der Waals surface area (Å²) in [6.45, 7) is 4.63. The molecule has 2 saturated heterocycles. The van der Waals surface area contributed by atoms with Crippen molar-refractivity contribution >= 4 is 33.6 Å². The molecule has 2 aliphatic heterocycles. The van der Waals surface area contributed by atoms with Crippen molar-refractivity contribution in [3.8, 4) is 10.9 Å². The molecule has 8 nitrogen and oxygen atoms in total. The molecule has 1 aromatic heterocycles. The van der Waals surface area contributed by atoms with Crippen LogP contribution in [-0.4, -0.2) is 82.6 Å². The fourth-order valence-electron chi connectivity index (χ4n) is 4.79. The van der Waals surface area contributed by atoms with Crippen molar-refractivity contribution in [1.82, 2.24) is 19.7 Å². The predicted molar refractivity (Wildman–Crippen MR) is 135 cm³/mol. The molecule has 184 valence electrons. The average molecular weight is 495 g/mol. The van der Waals surface area contributed by atoms with Crippen LogP contribution in [0.5, 0.6) is 10.9 Å². The van der Waals surface area contributed by atoms with Crippen LogP contribution in [0.25, 0.3) is 10.2 Å². The van der Waals surface area contributed by atoms with E-state index in [-0.39, 0.29) is 11.8 Å². The third-order valence-corrected chi connectivity index (χ3v) is 7.83. The first-order valence-corrected chi connectivity index (χ1v) is 13.0. The molecular formula is C26H30N4O4S. The number of hydrogen-bond donors (Lipinski definition) is 1. The van der Waals surface area contributed by atoms with Crippen LogP contribution < -0.4 is 4.74 Å². The van der Waals surface area contributed by atoms with E-state index in [0.29, 0.717) is 31.4 Å². The number of amides is 2. The topological polar surface area (TPSA) is 86.2 Å². The Kier molecular flexibility index (Phi) is 7.15. The van der Waals surface area contributed by atoms with E-state index in [9.17, 15) is 9.59 Å². The van der Waals surface area contributed by atoms with Crippen LogP contribution in [0.15, 0.2) is 48.5 Å². The quantitative estimate of drug-likeness (QED) is 0.554. The number of fused-ring (bicyclic) bond motifs is 1. The molecule has 0 bridgehead atoms. The smallest absolute Gasteiger partial charge is 0.407 e. The third-order valence-electron chi connectivity index (χ3n) is 6.92. The molecule has 0 unspecified atom stereocenters. The van der Waals surface area contributed by atoms with Gasteiger partial charge in [0.1, 0.15) is 5.75 Å². The summed E-state index contributed by atoms with van der Waals surface area (Å²) in [5.74, 6) is 1.04. The Morgan fingerprint density at radius 3 is 2.31 bits per heavy atom. The van der Waals surface area contributed by atoms with E-state index in [0.717, 1.165) is 54.9 Å². The number of rotatable bonds is 6. The Hall–Kier alpha value is -3.17. The minimum absolute atomic E-state index is 0.0570. The zero-order valence-electron chi connectivity index (χ0n) is 19.6. The van der Waals surface area contributed by atoms with Gasteiger partial charge in [-0.25, -0.2) is 9.78 Å². The number of thiazole rings is 1. The Morgan fingerprint density at radius 2 is 1.63 bits per heavy atom. The number of aromatic nitrogens is 1. The van der Waals surface area contributed by atoms with Crippen molar-refractivity contribution in [2.24, 2.45) is 5.92 Å². The van der Waals surface area contributed by atoms with Crippen LogP contribution in [-0.2, 0) is 11.2 Å². The first kappa shape index (κ1) is 23.6. The van der Waals surface area contributed by atoms with Gasteiger partial charge in [-0.2, -0.15) is 0 Å². The largest absolute Gasteiger partial charge is 0.465 e. The molecule has 0 spiro atoms. The second kappa shape index (κ2) is 10.6. The van der Waals surface area contributed by atoms with Crippen LogP contribution in [0.4, 0.5) is 4.79 Å². The van der Waals surface area contributed by atoms with Gasteiger partial charge in [-0.3, -0.25) is 4.79 Å². The minimum Gasteiger partial charge on any atom is -0.465 e. The summed E-state index contributed by atoms with van der Waals surface area (Å²) < 4.78 is 7.06. The molecule has 5 rings (SSSR count). The van der Waals surface area contributed by atoms with E-state index in [1.165, 1.54) is 10.5 Å². The van der Waals surface area contributed by atoms with Gasteiger partial charge >= 0.3 is 6.09 Å². The summed E-state index contributed by atoms with van der Waals surface area (Å²) in [5.41, 5.74) is 2.21. The SMILES string of the molecule is O=C(O)N1CCN(C(=O)C2CCN(CCc3ccc(Oc4nc5ccccc5s4)cc3)CC2)CC1. The van der Waals surface area contributed by atoms with Gasteiger partial charge in [-0.15, -0.1) is 0 Å². The van der Waals surface area contributed by atoms with Crippen molar-refractivity contribution < 1.29 is 19.4 Å². The maximum Gasteiger partial charge on any atom is 0.407 e. The Labute approximate surface area is 208 Å². The van der Waals surface area contributed by atoms with E-state index in [1.54, 1.807) is 11.3 Å². The fourth-order valence-corrected chi connectivity index (χ4v) is 5.62. The maximum absolute atomic E-state index is 12.9. The first-order valence-electron chi connectivity index (χ1n) is 12.2. The molecule has 2 aromatic carbocycles. The van der Waals surface area contributed by atoms with Crippen LogP contribution in [0.3, 0.4) is 0 Å². The summed E-state index contributed by atoms with van der Waals surface area (Å²) >= 11 is 1.55. The van der Waals surface area contributed by atoms with Gasteiger partial charge in [-0.1, -0.05) is 35.6 Å². The number of para-hydroxylation sites is 1. The number of piperazine rings is 1. The second-order valence-corrected chi connectivity index (χ2v) is 10.1. The average Bonchev–Trinajstić information content (AvgIpc) is 3.30. The monoisotopic (exact) mass is 494 g/mol. The van der Waals surface area contributed by atoms with Gasteiger partial charge in [0, 0.05) is 38.6 Å². The highest BCUT2D eigenvalue weighted by Gasteiger charge is 2.31. The summed E-state index contributed by atoms with van der Waals surface area (Å²) in [5, 5.41) is 9.73. The number of ether oxygens (including phenoxy) is 1. The van der Waals surface area contributed by atoms with Gasteiger partial charge in [0.25, 0.3) is 5.19 Å². The molecule has 2 fully saturated rings. The number of hydrogen-bond acceptors (Lipinski definition) is 6. The molecule has 35 heavy (non-hydrogen) atoms. The summed E-state index contributed by atoms with van der Waals surface area (Å²) in [6, 6.07) is 16.2. The minimum atomic E-state index is -0.902. The standard InChI is InChI=1S/C26H30N4O4S/c31-24(29-15-17-30(18-16-29)26(32)33)20-10-13-28(14-11-20)12-9-19-5-7-21(8-6-19)34-25-27-22-3-1-2-4-23(22)35-25/h1-8,20H,9-18H2,(H,32,33). The van der Waals surface area contributed by atoms with Crippen molar-refractivity contribution in [3.05, 3.63) is 54.1 Å². The van der Waals surface area contributed by atoms with Crippen LogP contribution in [0.2, 0.25) is 0 Å². The molecule has 2 aliphatic rings. The number of likely N-dealkylation sites (tertiary alicyclic amines) is 1. The summed E-state index contributed by atoms with van der Waals surface area (Å²) in [7, 11) is 0. The Balaban J connectivity index is 1.05. The number of nitrogens with zero attached hydrogens (tertiary/aromatic N) is 4. The van der Waals surface area contributed by atoms with E-state index in [4.69, 9.17) is 9.84 Å². The summed E-state index contributed by atoms with van der Waals surface area (Å²) in [6.07, 6.45) is 1.79. The highest BCUT2D eigenvalue weighted by molar-refractivity contribution is 7.20. The lowest BCUT2D eigenvalue weighted by molar-refractivity contribution is -0.138. The van der Waals surface area contributed by atoms with Gasteiger partial charge in [0.05, 0.1) is 10.2 Å². The van der Waals surface area contributed by atoms with E-state index in [2.05, 4.69) is 22.0 Å². The highest BCUT2D eigenvalue weighted by Crippen LogP contribution is 2.31. The van der Waals surface area contributed by atoms with Crippen molar-refractivity contribution in [1.29, 1.82) is 0 Å². The number of carboxylic acid groups (broad SMARTS) is 1. The zero-order valence-corrected chi connectivity index (χ0v) is 20.5. The second-order valence-electron chi connectivity index (χ2n) is 9.15. The van der Waals surface area contributed by atoms with Crippen LogP contribution in [0, 0.1) is 5.92 Å². The Morgan fingerprint density at radius 1 is 0.943 bits per heavy atom. The van der Waals surface area contributed by atoms with Crippen LogP contribution in [0.1, 0.15) is 18.4 Å². The molecule has 1 N–H and O–H groups in total. The molecule has 3 heterocycles. The van der Waals surface area contributed by atoms with Crippen molar-refractivity contribution in [2.75, 3.05) is 45.8 Å². The molecular weight excluding hydrogens is 464 g/mol. The Bertz CT molecular complexity index is 1130. The molecule has 9 heteroatoms. The number of benzene rings is 2. The number of carbonyl (C=O) groups excluding carboxylic acids is 1. The van der Waals surface area contributed by atoms with Gasteiger partial charge in [0.2, 0.25) is 5.91 Å². The first-order chi connectivity index (χ1) is 17.0. The lowest BCUT2D eigenvalue weighted by Gasteiger charge is -2.37. The van der Waals surface area contributed by atoms with Crippen LogP contribution >= 0.6 is 11.3 Å². The van der Waals surface area contributed by atoms with E-state index < -0.39 is 6.09 Å². The molecule has 2 amide bonds. The lowest BCUT2D eigenvalue weighted by atomic mass is 9.94. The number of piperidine rings is 1. The predicted octanol–water partition coefficient (Wildman–Crippen LogP) is 4.17. The van der Waals surface area contributed by atoms with Gasteiger partial charge in [-0.05, 0) is 62.2 Å². The normalized spacial score (nSPS) is 17.6. The fraction of sp³-hybridized carbons (Fsp3) is 0.423. The molecule has 0 radical (unpaired) electrons. The third kappa shape index (κ3) is 5.74. The van der Waals surface area contributed by atoms with E-state index in [1.807, 2.05) is 41.3 Å². The van der Waals surface area contributed by atoms with Gasteiger partial charge in [0.15, 0.2) is 0 Å². The van der Waals surface area contributed by atoms with Crippen molar-refractivity contribution in [3.63, 3.8) is 0 Å². The van der Waals surface area contributed by atoms with Gasteiger partial charge < -0.3 is 24.5 Å².